The second kappa shape index (κ2) is 4.82. The van der Waals surface area contributed by atoms with Gasteiger partial charge in [0.05, 0.1) is 7.11 Å². The third-order valence-electron chi connectivity index (χ3n) is 1.69. The van der Waals surface area contributed by atoms with Gasteiger partial charge in [-0.05, 0) is 32.9 Å². The van der Waals surface area contributed by atoms with Crippen LogP contribution in [0.4, 0.5) is 5.82 Å². The molecule has 0 aliphatic carbocycles. The largest absolute Gasteiger partial charge is 0.464 e. The van der Waals surface area contributed by atoms with Crippen molar-refractivity contribution in [2.45, 2.75) is 26.3 Å². The van der Waals surface area contributed by atoms with Gasteiger partial charge in [-0.1, -0.05) is 15.9 Å². The Labute approximate surface area is 104 Å². The van der Waals surface area contributed by atoms with E-state index in [-0.39, 0.29) is 11.2 Å². The molecule has 0 bridgehead atoms. The zero-order chi connectivity index (χ0) is 12.3. The van der Waals surface area contributed by atoms with E-state index >= 15 is 0 Å². The zero-order valence-electron chi connectivity index (χ0n) is 9.80. The molecule has 0 spiro atoms. The first-order valence-corrected chi connectivity index (χ1v) is 5.65. The van der Waals surface area contributed by atoms with Crippen molar-refractivity contribution in [3.63, 3.8) is 0 Å². The highest BCUT2D eigenvalue weighted by Crippen LogP contribution is 2.19. The summed E-state index contributed by atoms with van der Waals surface area (Å²) >= 11 is 3.33. The summed E-state index contributed by atoms with van der Waals surface area (Å²) in [6.07, 6.45) is 0. The number of nitrogens with zero attached hydrogens (tertiary/aromatic N) is 1. The van der Waals surface area contributed by atoms with Gasteiger partial charge in [-0.25, -0.2) is 9.78 Å². The molecule has 1 rings (SSSR count). The van der Waals surface area contributed by atoms with Gasteiger partial charge in [0.2, 0.25) is 0 Å². The van der Waals surface area contributed by atoms with Crippen LogP contribution < -0.4 is 5.32 Å². The second-order valence-corrected chi connectivity index (χ2v) is 5.34. The van der Waals surface area contributed by atoms with Crippen LogP contribution in [0.25, 0.3) is 0 Å². The van der Waals surface area contributed by atoms with E-state index in [9.17, 15) is 4.79 Å². The maximum atomic E-state index is 11.4. The summed E-state index contributed by atoms with van der Waals surface area (Å²) in [6.45, 7) is 6.06. The molecule has 1 heterocycles. The average molecular weight is 287 g/mol. The molecule has 0 radical (unpaired) electrons. The van der Waals surface area contributed by atoms with Crippen molar-refractivity contribution in [2.75, 3.05) is 12.4 Å². The van der Waals surface area contributed by atoms with Crippen LogP contribution in [0.2, 0.25) is 0 Å². The molecule has 5 heteroatoms. The van der Waals surface area contributed by atoms with E-state index in [0.29, 0.717) is 5.82 Å². The summed E-state index contributed by atoms with van der Waals surface area (Å²) in [5.74, 6) is 0.195. The first kappa shape index (κ1) is 13.0. The van der Waals surface area contributed by atoms with E-state index in [1.54, 1.807) is 6.07 Å². The maximum absolute atomic E-state index is 11.4. The molecule has 4 nitrogen and oxygen atoms in total. The molecule has 0 saturated carbocycles. The first-order valence-electron chi connectivity index (χ1n) is 4.86. The normalized spacial score (nSPS) is 11.1. The molecule has 16 heavy (non-hydrogen) atoms. The number of halogens is 1. The highest BCUT2D eigenvalue weighted by Gasteiger charge is 2.14. The van der Waals surface area contributed by atoms with Crippen molar-refractivity contribution >= 4 is 27.7 Å². The van der Waals surface area contributed by atoms with Gasteiger partial charge in [0.15, 0.2) is 5.69 Å². The van der Waals surface area contributed by atoms with Crippen LogP contribution in [0, 0.1) is 0 Å². The number of methoxy groups -OCH3 is 1. The zero-order valence-corrected chi connectivity index (χ0v) is 11.4. The molecule has 1 N–H and O–H groups in total. The minimum atomic E-state index is -0.446. The number of ether oxygens (including phenoxy) is 1. The average Bonchev–Trinajstić information content (AvgIpc) is 2.12. The standard InChI is InChI=1S/C11H15BrN2O2/c1-11(2,3)14-9-6-7(12)5-8(13-9)10(15)16-4/h5-6H,1-4H3,(H,13,14). The topological polar surface area (TPSA) is 51.2 Å². The lowest BCUT2D eigenvalue weighted by molar-refractivity contribution is 0.0594. The minimum absolute atomic E-state index is 0.110. The lowest BCUT2D eigenvalue weighted by atomic mass is 10.1. The molecule has 0 unspecified atom stereocenters. The lowest BCUT2D eigenvalue weighted by Crippen LogP contribution is -2.27. The molecule has 0 atom stereocenters. The van der Waals surface area contributed by atoms with Gasteiger partial charge in [-0.2, -0.15) is 0 Å². The maximum Gasteiger partial charge on any atom is 0.356 e. The van der Waals surface area contributed by atoms with E-state index < -0.39 is 5.97 Å². The van der Waals surface area contributed by atoms with Crippen LogP contribution >= 0.6 is 15.9 Å². The lowest BCUT2D eigenvalue weighted by Gasteiger charge is -2.21. The molecule has 0 amide bonds. The number of rotatable bonds is 2. The first-order chi connectivity index (χ1) is 7.31. The third-order valence-corrected chi connectivity index (χ3v) is 2.15. The number of carbonyl (C=O) groups excluding carboxylic acids is 1. The van der Waals surface area contributed by atoms with Crippen molar-refractivity contribution in [1.82, 2.24) is 4.98 Å². The summed E-state index contributed by atoms with van der Waals surface area (Å²) < 4.78 is 5.41. The van der Waals surface area contributed by atoms with E-state index in [4.69, 9.17) is 0 Å². The van der Waals surface area contributed by atoms with Gasteiger partial charge < -0.3 is 10.1 Å². The highest BCUT2D eigenvalue weighted by molar-refractivity contribution is 9.10. The van der Waals surface area contributed by atoms with Gasteiger partial charge in [-0.15, -0.1) is 0 Å². The minimum Gasteiger partial charge on any atom is -0.464 e. The molecule has 0 aliphatic heterocycles. The highest BCUT2D eigenvalue weighted by atomic mass is 79.9. The summed E-state index contributed by atoms with van der Waals surface area (Å²) in [7, 11) is 1.34. The molecule has 0 fully saturated rings. The van der Waals surface area contributed by atoms with Crippen LogP contribution in [0.15, 0.2) is 16.6 Å². The monoisotopic (exact) mass is 286 g/mol. The number of carbonyl (C=O) groups is 1. The smallest absolute Gasteiger partial charge is 0.356 e. The van der Waals surface area contributed by atoms with E-state index in [1.807, 2.05) is 26.8 Å². The van der Waals surface area contributed by atoms with E-state index in [1.165, 1.54) is 7.11 Å². The van der Waals surface area contributed by atoms with Crippen molar-refractivity contribution in [3.8, 4) is 0 Å². The van der Waals surface area contributed by atoms with Gasteiger partial charge in [0.1, 0.15) is 5.82 Å². The van der Waals surface area contributed by atoms with Crippen molar-refractivity contribution in [1.29, 1.82) is 0 Å². The fourth-order valence-corrected chi connectivity index (χ4v) is 1.59. The number of pyridine rings is 1. The van der Waals surface area contributed by atoms with E-state index in [0.717, 1.165) is 4.47 Å². The van der Waals surface area contributed by atoms with Crippen molar-refractivity contribution < 1.29 is 9.53 Å². The number of aromatic nitrogens is 1. The number of esters is 1. The number of hydrogen-bond donors (Lipinski definition) is 1. The number of nitrogens with one attached hydrogen (secondary N) is 1. The van der Waals surface area contributed by atoms with Crippen LogP contribution in [-0.2, 0) is 4.74 Å². The Balaban J connectivity index is 3.03. The SMILES string of the molecule is COC(=O)c1cc(Br)cc(NC(C)(C)C)n1. The van der Waals surface area contributed by atoms with Gasteiger partial charge in [-0.3, -0.25) is 0 Å². The Morgan fingerprint density at radius 2 is 2.06 bits per heavy atom. The second-order valence-electron chi connectivity index (χ2n) is 4.42. The van der Waals surface area contributed by atoms with Crippen molar-refractivity contribution in [2.24, 2.45) is 0 Å². The Hall–Kier alpha value is -1.10. The molecular weight excluding hydrogens is 272 g/mol. The van der Waals surface area contributed by atoms with Crippen LogP contribution in [0.1, 0.15) is 31.3 Å². The van der Waals surface area contributed by atoms with Gasteiger partial charge in [0, 0.05) is 10.0 Å². The Morgan fingerprint density at radius 1 is 1.44 bits per heavy atom. The number of hydrogen-bond acceptors (Lipinski definition) is 4. The molecule has 0 aliphatic rings. The van der Waals surface area contributed by atoms with Crippen LogP contribution in [0.5, 0.6) is 0 Å². The Kier molecular flexibility index (Phi) is 3.91. The molecule has 0 saturated heterocycles. The molecule has 1 aromatic heterocycles. The fraction of sp³-hybridized carbons (Fsp3) is 0.455. The number of anilines is 1. The molecule has 1 aromatic rings. The molecule has 0 aromatic carbocycles. The Bertz CT molecular complexity index is 399. The quantitative estimate of drug-likeness (QED) is 0.850. The van der Waals surface area contributed by atoms with Crippen molar-refractivity contribution in [3.05, 3.63) is 22.3 Å². The summed E-state index contributed by atoms with van der Waals surface area (Å²) in [6, 6.07) is 3.44. The Morgan fingerprint density at radius 3 is 2.56 bits per heavy atom. The molecular formula is C11H15BrN2O2. The van der Waals surface area contributed by atoms with Crippen LogP contribution in [-0.4, -0.2) is 23.6 Å². The predicted molar refractivity (Wildman–Crippen MR) is 66.7 cm³/mol. The fourth-order valence-electron chi connectivity index (χ4n) is 1.15. The van der Waals surface area contributed by atoms with Crippen LogP contribution in [0.3, 0.4) is 0 Å². The van der Waals surface area contributed by atoms with Gasteiger partial charge >= 0.3 is 5.97 Å². The van der Waals surface area contributed by atoms with E-state index in [2.05, 4.69) is 31.0 Å². The van der Waals surface area contributed by atoms with Gasteiger partial charge in [0.25, 0.3) is 0 Å². The summed E-state index contributed by atoms with van der Waals surface area (Å²) in [5, 5.41) is 3.19. The molecule has 88 valence electrons. The predicted octanol–water partition coefficient (Wildman–Crippen LogP) is 2.84. The third kappa shape index (κ3) is 3.81. The summed E-state index contributed by atoms with van der Waals surface area (Å²) in [4.78, 5) is 15.5. The summed E-state index contributed by atoms with van der Waals surface area (Å²) in [5.41, 5.74) is 0.171.